The number of halogens is 3. The third kappa shape index (κ3) is 5.33. The normalized spacial score (nSPS) is 17.5. The fourth-order valence-electron chi connectivity index (χ4n) is 4.04. The maximum absolute atomic E-state index is 12.7. The first-order chi connectivity index (χ1) is 14.8. The van der Waals surface area contributed by atoms with Gasteiger partial charge in [0.05, 0.1) is 0 Å². The van der Waals surface area contributed by atoms with Crippen LogP contribution in [0.3, 0.4) is 0 Å². The molecule has 1 amide bonds. The van der Waals surface area contributed by atoms with Crippen LogP contribution in [0, 0.1) is 5.92 Å². The number of primary amides is 1. The maximum atomic E-state index is 12.7. The van der Waals surface area contributed by atoms with Crippen LogP contribution in [-0.2, 0) is 17.6 Å². The highest BCUT2D eigenvalue weighted by Gasteiger charge is 2.29. The van der Waals surface area contributed by atoms with Crippen molar-refractivity contribution in [3.05, 3.63) is 35.4 Å². The number of nitrogens with zero attached hydrogens (tertiary/aromatic N) is 4. The van der Waals surface area contributed by atoms with E-state index in [-0.39, 0.29) is 35.7 Å². The fraction of sp³-hybridized carbons (Fsp3) is 0.500. The van der Waals surface area contributed by atoms with Crippen molar-refractivity contribution in [1.29, 1.82) is 0 Å². The van der Waals surface area contributed by atoms with Crippen molar-refractivity contribution >= 4 is 23.8 Å². The van der Waals surface area contributed by atoms with Gasteiger partial charge in [-0.25, -0.2) is 0 Å². The zero-order valence-corrected chi connectivity index (χ0v) is 16.8. The highest BCUT2D eigenvalue weighted by atomic mass is 19.4. The van der Waals surface area contributed by atoms with Crippen LogP contribution in [0.2, 0.25) is 0 Å². The number of hydrogen-bond donors (Lipinski definition) is 3. The van der Waals surface area contributed by atoms with E-state index in [1.807, 2.05) is 17.0 Å². The van der Waals surface area contributed by atoms with Crippen molar-refractivity contribution < 1.29 is 18.0 Å². The molecule has 1 fully saturated rings. The van der Waals surface area contributed by atoms with Crippen molar-refractivity contribution in [2.75, 3.05) is 35.2 Å². The molecule has 2 heterocycles. The Morgan fingerprint density at radius 1 is 1.06 bits per heavy atom. The van der Waals surface area contributed by atoms with E-state index in [1.165, 1.54) is 11.1 Å². The number of piperidine rings is 1. The summed E-state index contributed by atoms with van der Waals surface area (Å²) in [6.07, 6.45) is -1.73. The molecule has 4 rings (SSSR count). The highest BCUT2D eigenvalue weighted by molar-refractivity contribution is 5.76. The molecule has 1 aliphatic heterocycles. The van der Waals surface area contributed by atoms with Crippen LogP contribution in [0.15, 0.2) is 24.3 Å². The second kappa shape index (κ2) is 8.56. The number of nitrogens with two attached hydrogens (primary N) is 1. The molecule has 0 atom stereocenters. The molecule has 1 aromatic carbocycles. The Morgan fingerprint density at radius 3 is 2.26 bits per heavy atom. The summed E-state index contributed by atoms with van der Waals surface area (Å²) in [4.78, 5) is 26.0. The van der Waals surface area contributed by atoms with E-state index >= 15 is 0 Å². The predicted molar refractivity (Wildman–Crippen MR) is 110 cm³/mol. The van der Waals surface area contributed by atoms with Gasteiger partial charge in [-0.15, -0.1) is 0 Å². The summed E-state index contributed by atoms with van der Waals surface area (Å²) in [5.74, 6) is -0.191. The number of fused-ring (bicyclic) bond motifs is 1. The molecule has 0 radical (unpaired) electrons. The van der Waals surface area contributed by atoms with Gasteiger partial charge in [-0.3, -0.25) is 4.79 Å². The lowest BCUT2D eigenvalue weighted by Crippen LogP contribution is -2.39. The van der Waals surface area contributed by atoms with E-state index in [2.05, 4.69) is 37.7 Å². The number of anilines is 3. The van der Waals surface area contributed by atoms with Crippen LogP contribution in [0.25, 0.3) is 0 Å². The first-order valence-corrected chi connectivity index (χ1v) is 10.2. The summed E-state index contributed by atoms with van der Waals surface area (Å²) in [6, 6.07) is 8.14. The maximum Gasteiger partial charge on any atom is 0.405 e. The molecule has 4 N–H and O–H groups in total. The lowest BCUT2D eigenvalue weighted by molar-refractivity contribution is -0.122. The lowest BCUT2D eigenvalue weighted by Gasteiger charge is -2.30. The van der Waals surface area contributed by atoms with E-state index in [0.29, 0.717) is 25.9 Å². The molecule has 1 aliphatic carbocycles. The quantitative estimate of drug-likeness (QED) is 0.638. The van der Waals surface area contributed by atoms with E-state index in [4.69, 9.17) is 5.73 Å². The minimum absolute atomic E-state index is 0.0451. The van der Waals surface area contributed by atoms with Gasteiger partial charge in [0.1, 0.15) is 6.54 Å². The smallest absolute Gasteiger partial charge is 0.369 e. The van der Waals surface area contributed by atoms with Gasteiger partial charge >= 0.3 is 6.18 Å². The van der Waals surface area contributed by atoms with Gasteiger partial charge in [-0.1, -0.05) is 24.3 Å². The zero-order chi connectivity index (χ0) is 22.0. The number of nitrogens with one attached hydrogen (secondary N) is 2. The fourth-order valence-corrected chi connectivity index (χ4v) is 4.04. The molecule has 2 aliphatic rings. The van der Waals surface area contributed by atoms with Crippen molar-refractivity contribution in [1.82, 2.24) is 15.0 Å². The third-order valence-electron chi connectivity index (χ3n) is 5.63. The Balaban J connectivity index is 1.51. The van der Waals surface area contributed by atoms with E-state index in [0.717, 1.165) is 12.8 Å². The van der Waals surface area contributed by atoms with Crippen LogP contribution >= 0.6 is 0 Å². The molecule has 11 heteroatoms. The van der Waals surface area contributed by atoms with Crippen LogP contribution in [0.5, 0.6) is 0 Å². The minimum atomic E-state index is -4.40. The van der Waals surface area contributed by atoms with Crippen LogP contribution in [0.4, 0.5) is 31.0 Å². The van der Waals surface area contributed by atoms with Crippen LogP contribution in [-0.4, -0.2) is 52.7 Å². The van der Waals surface area contributed by atoms with Crippen molar-refractivity contribution in [3.63, 3.8) is 0 Å². The topological polar surface area (TPSA) is 109 Å². The van der Waals surface area contributed by atoms with Crippen molar-refractivity contribution in [3.8, 4) is 0 Å². The number of carbonyl (C=O) groups excluding carboxylic acids is 1. The molecule has 2 aromatic rings. The molecule has 1 aromatic heterocycles. The van der Waals surface area contributed by atoms with Crippen LogP contribution < -0.4 is 21.3 Å². The molecule has 0 bridgehead atoms. The first kappa shape index (κ1) is 21.1. The predicted octanol–water partition coefficient (Wildman–Crippen LogP) is 2.13. The Bertz CT molecular complexity index is 920. The number of aromatic nitrogens is 3. The monoisotopic (exact) mass is 435 g/mol. The van der Waals surface area contributed by atoms with E-state index in [9.17, 15) is 18.0 Å². The Morgan fingerprint density at radius 2 is 1.68 bits per heavy atom. The summed E-state index contributed by atoms with van der Waals surface area (Å²) in [6.45, 7) is -0.260. The number of rotatable bonds is 6. The van der Waals surface area contributed by atoms with Gasteiger partial charge in [0.25, 0.3) is 0 Å². The molecular formula is C20H24F3N7O. The molecule has 166 valence electrons. The average molecular weight is 435 g/mol. The summed E-state index contributed by atoms with van der Waals surface area (Å²) in [7, 11) is 0. The highest BCUT2D eigenvalue weighted by Crippen LogP contribution is 2.26. The molecule has 0 spiro atoms. The second-order valence-electron chi connectivity index (χ2n) is 7.93. The summed E-state index contributed by atoms with van der Waals surface area (Å²) in [5.41, 5.74) is 7.85. The molecule has 8 nitrogen and oxygen atoms in total. The Hall–Kier alpha value is -3.11. The lowest BCUT2D eigenvalue weighted by atomic mass is 9.96. The molecule has 31 heavy (non-hydrogen) atoms. The van der Waals surface area contributed by atoms with Gasteiger partial charge in [-0.2, -0.15) is 28.1 Å². The van der Waals surface area contributed by atoms with Crippen molar-refractivity contribution in [2.24, 2.45) is 11.7 Å². The van der Waals surface area contributed by atoms with Crippen LogP contribution in [0.1, 0.15) is 24.0 Å². The third-order valence-corrected chi connectivity index (χ3v) is 5.63. The molecule has 0 saturated carbocycles. The number of hydrogen-bond acceptors (Lipinski definition) is 7. The van der Waals surface area contributed by atoms with Gasteiger partial charge in [0.15, 0.2) is 0 Å². The second-order valence-corrected chi connectivity index (χ2v) is 7.93. The summed E-state index contributed by atoms with van der Waals surface area (Å²) < 4.78 is 38.1. The summed E-state index contributed by atoms with van der Waals surface area (Å²) >= 11 is 0. The first-order valence-electron chi connectivity index (χ1n) is 10.2. The molecular weight excluding hydrogens is 411 g/mol. The van der Waals surface area contributed by atoms with Crippen molar-refractivity contribution in [2.45, 2.75) is 37.9 Å². The standard InChI is InChI=1S/C20H24F3N7O/c21-20(22,23)11-25-17-27-18(26-15-9-13-3-1-2-4-14(13)10-15)29-19(28-17)30-7-5-12(6-8-30)16(24)31/h1-4,12,15H,5-11H2,(H2,24,31)(H2,25,26,27,28,29). The average Bonchev–Trinajstić information content (AvgIpc) is 3.14. The molecule has 1 saturated heterocycles. The van der Waals surface area contributed by atoms with E-state index < -0.39 is 12.7 Å². The summed E-state index contributed by atoms with van der Waals surface area (Å²) in [5, 5.41) is 5.49. The van der Waals surface area contributed by atoms with Gasteiger partial charge in [-0.05, 0) is 36.8 Å². The number of alkyl halides is 3. The Labute approximate surface area is 177 Å². The SMILES string of the molecule is NC(=O)C1CCN(c2nc(NCC(F)(F)F)nc(NC3Cc4ccccc4C3)n2)CC1. The van der Waals surface area contributed by atoms with Gasteiger partial charge in [0, 0.05) is 25.0 Å². The van der Waals surface area contributed by atoms with Gasteiger partial charge in [0.2, 0.25) is 23.8 Å². The minimum Gasteiger partial charge on any atom is -0.369 e. The number of amides is 1. The zero-order valence-electron chi connectivity index (χ0n) is 16.8. The van der Waals surface area contributed by atoms with E-state index in [1.54, 1.807) is 0 Å². The number of carbonyl (C=O) groups is 1. The number of benzene rings is 1. The molecule has 0 unspecified atom stereocenters. The van der Waals surface area contributed by atoms with Gasteiger partial charge < -0.3 is 21.3 Å². The largest absolute Gasteiger partial charge is 0.405 e. The Kier molecular flexibility index (Phi) is 5.84.